The van der Waals surface area contributed by atoms with E-state index in [-0.39, 0.29) is 0 Å². The third-order valence-electron chi connectivity index (χ3n) is 5.13. The van der Waals surface area contributed by atoms with Gasteiger partial charge in [0.1, 0.15) is 11.5 Å². The second-order valence-electron chi connectivity index (χ2n) is 7.14. The van der Waals surface area contributed by atoms with Crippen molar-refractivity contribution in [1.82, 2.24) is 20.1 Å². The monoisotopic (exact) mass is 378 g/mol. The smallest absolute Gasteiger partial charge is 0.123 e. The molecule has 0 aliphatic carbocycles. The molecule has 1 atom stereocenters. The number of nitrogens with one attached hydrogen (secondary N) is 1. The number of aromatic amines is 1. The van der Waals surface area contributed by atoms with E-state index in [1.165, 1.54) is 0 Å². The third kappa shape index (κ3) is 4.70. The third-order valence-corrected chi connectivity index (χ3v) is 5.13. The van der Waals surface area contributed by atoms with E-state index in [1.54, 1.807) is 7.11 Å². The van der Waals surface area contributed by atoms with Crippen molar-refractivity contribution in [1.29, 1.82) is 0 Å². The van der Waals surface area contributed by atoms with Crippen LogP contribution in [0.5, 0.6) is 11.5 Å². The summed E-state index contributed by atoms with van der Waals surface area (Å²) in [5.74, 6) is 2.10. The van der Waals surface area contributed by atoms with Crippen LogP contribution in [0.15, 0.2) is 54.7 Å². The van der Waals surface area contributed by atoms with Crippen molar-refractivity contribution >= 4 is 0 Å². The number of H-pyrrole nitrogens is 1. The number of rotatable bonds is 8. The number of hydrogen-bond acceptors (Lipinski definition) is 5. The van der Waals surface area contributed by atoms with E-state index in [9.17, 15) is 0 Å². The molecule has 146 valence electrons. The number of likely N-dealkylation sites (tertiary alicyclic amines) is 1. The highest BCUT2D eigenvalue weighted by Crippen LogP contribution is 2.27. The fraction of sp³-hybridized carbons (Fsp3) is 0.364. The highest BCUT2D eigenvalue weighted by molar-refractivity contribution is 5.32. The number of methoxy groups -OCH3 is 1. The molecule has 1 unspecified atom stereocenters. The molecule has 1 aromatic carbocycles. The van der Waals surface area contributed by atoms with Crippen molar-refractivity contribution in [2.24, 2.45) is 0 Å². The maximum atomic E-state index is 5.83. The summed E-state index contributed by atoms with van der Waals surface area (Å²) in [5.41, 5.74) is 3.39. The fourth-order valence-electron chi connectivity index (χ4n) is 3.62. The van der Waals surface area contributed by atoms with E-state index in [0.717, 1.165) is 61.1 Å². The van der Waals surface area contributed by atoms with Crippen LogP contribution < -0.4 is 9.47 Å². The molecule has 1 saturated heterocycles. The van der Waals surface area contributed by atoms with Gasteiger partial charge in [0, 0.05) is 43.4 Å². The second-order valence-corrected chi connectivity index (χ2v) is 7.14. The van der Waals surface area contributed by atoms with E-state index in [0.29, 0.717) is 12.5 Å². The van der Waals surface area contributed by atoms with Crippen LogP contribution >= 0.6 is 0 Å². The molecule has 0 radical (unpaired) electrons. The molecule has 1 aliphatic rings. The van der Waals surface area contributed by atoms with Crippen LogP contribution in [-0.2, 0) is 13.0 Å². The summed E-state index contributed by atoms with van der Waals surface area (Å²) in [6.07, 6.45) is 3.79. The molecule has 28 heavy (non-hydrogen) atoms. The molecule has 0 amide bonds. The number of ether oxygens (including phenoxy) is 2. The molecular formula is C22H26N4O2. The van der Waals surface area contributed by atoms with Gasteiger partial charge in [-0.25, -0.2) is 0 Å². The van der Waals surface area contributed by atoms with Crippen molar-refractivity contribution in [3.63, 3.8) is 0 Å². The number of benzene rings is 1. The minimum Gasteiger partial charge on any atom is -0.497 e. The van der Waals surface area contributed by atoms with Crippen molar-refractivity contribution < 1.29 is 9.47 Å². The quantitative estimate of drug-likeness (QED) is 0.651. The van der Waals surface area contributed by atoms with Gasteiger partial charge in [-0.3, -0.25) is 15.0 Å². The lowest BCUT2D eigenvalue weighted by molar-refractivity contribution is 0.317. The van der Waals surface area contributed by atoms with Crippen molar-refractivity contribution in [2.45, 2.75) is 25.3 Å². The van der Waals surface area contributed by atoms with Crippen LogP contribution in [0, 0.1) is 0 Å². The van der Waals surface area contributed by atoms with Gasteiger partial charge < -0.3 is 9.47 Å². The first-order valence-corrected chi connectivity index (χ1v) is 9.73. The highest BCUT2D eigenvalue weighted by Gasteiger charge is 2.26. The summed E-state index contributed by atoms with van der Waals surface area (Å²) in [6.45, 7) is 3.62. The lowest BCUT2D eigenvalue weighted by Gasteiger charge is -2.14. The highest BCUT2D eigenvalue weighted by atomic mass is 16.5. The Balaban J connectivity index is 1.26. The van der Waals surface area contributed by atoms with Gasteiger partial charge >= 0.3 is 0 Å². The van der Waals surface area contributed by atoms with Crippen LogP contribution in [0.2, 0.25) is 0 Å². The first-order chi connectivity index (χ1) is 13.8. The van der Waals surface area contributed by atoms with Crippen LogP contribution in [-0.4, -0.2) is 46.9 Å². The summed E-state index contributed by atoms with van der Waals surface area (Å²) in [6, 6.07) is 15.9. The van der Waals surface area contributed by atoms with Crippen LogP contribution in [0.1, 0.15) is 29.4 Å². The van der Waals surface area contributed by atoms with E-state index in [4.69, 9.17) is 9.47 Å². The van der Waals surface area contributed by atoms with Crippen molar-refractivity contribution in [3.05, 3.63) is 71.8 Å². The largest absolute Gasteiger partial charge is 0.497 e. The molecule has 3 heterocycles. The Bertz CT molecular complexity index is 881. The van der Waals surface area contributed by atoms with Gasteiger partial charge in [-0.2, -0.15) is 5.10 Å². The van der Waals surface area contributed by atoms with E-state index in [2.05, 4.69) is 32.2 Å². The molecule has 1 aliphatic heterocycles. The van der Waals surface area contributed by atoms with E-state index >= 15 is 0 Å². The predicted octanol–water partition coefficient (Wildman–Crippen LogP) is 3.42. The zero-order chi connectivity index (χ0) is 19.2. The first-order valence-electron chi connectivity index (χ1n) is 9.73. The molecule has 0 saturated carbocycles. The molecule has 0 spiro atoms. The SMILES string of the molecule is COc1cccc(OCCc2cc(C3CCN(Cc4ccccn4)C3)n[nH]2)c1. The summed E-state index contributed by atoms with van der Waals surface area (Å²) in [4.78, 5) is 6.88. The second kappa shape index (κ2) is 8.89. The minimum atomic E-state index is 0.480. The lowest BCUT2D eigenvalue weighted by atomic mass is 10.0. The maximum absolute atomic E-state index is 5.83. The topological polar surface area (TPSA) is 63.3 Å². The van der Waals surface area contributed by atoms with E-state index in [1.807, 2.05) is 42.6 Å². The molecule has 0 bridgehead atoms. The fourth-order valence-corrected chi connectivity index (χ4v) is 3.62. The molecule has 4 rings (SSSR count). The van der Waals surface area contributed by atoms with Crippen LogP contribution in [0.25, 0.3) is 0 Å². The van der Waals surface area contributed by atoms with Crippen molar-refractivity contribution in [3.8, 4) is 11.5 Å². The summed E-state index contributed by atoms with van der Waals surface area (Å²) in [5, 5.41) is 7.72. The van der Waals surface area contributed by atoms with Gasteiger partial charge in [0.2, 0.25) is 0 Å². The first kappa shape index (κ1) is 18.5. The van der Waals surface area contributed by atoms with Crippen LogP contribution in [0.4, 0.5) is 0 Å². The van der Waals surface area contributed by atoms with Gasteiger partial charge in [0.25, 0.3) is 0 Å². The van der Waals surface area contributed by atoms with Crippen molar-refractivity contribution in [2.75, 3.05) is 26.8 Å². The minimum absolute atomic E-state index is 0.480. The Morgan fingerprint density at radius 2 is 2.07 bits per heavy atom. The number of hydrogen-bond donors (Lipinski definition) is 1. The normalized spacial score (nSPS) is 17.0. The molecular weight excluding hydrogens is 352 g/mol. The van der Waals surface area contributed by atoms with Gasteiger partial charge in [0.05, 0.1) is 25.1 Å². The summed E-state index contributed by atoms with van der Waals surface area (Å²) < 4.78 is 11.0. The van der Waals surface area contributed by atoms with Gasteiger partial charge in [-0.1, -0.05) is 12.1 Å². The van der Waals surface area contributed by atoms with Crippen LogP contribution in [0.3, 0.4) is 0 Å². The molecule has 3 aromatic rings. The summed E-state index contributed by atoms with van der Waals surface area (Å²) in [7, 11) is 1.66. The lowest BCUT2D eigenvalue weighted by Crippen LogP contribution is -2.20. The average molecular weight is 378 g/mol. The Labute approximate surface area is 165 Å². The number of nitrogens with zero attached hydrogens (tertiary/aromatic N) is 3. The Morgan fingerprint density at radius 1 is 1.14 bits per heavy atom. The molecule has 2 aromatic heterocycles. The molecule has 1 fully saturated rings. The maximum Gasteiger partial charge on any atom is 0.123 e. The molecule has 1 N–H and O–H groups in total. The number of pyridine rings is 1. The van der Waals surface area contributed by atoms with E-state index < -0.39 is 0 Å². The van der Waals surface area contributed by atoms with Gasteiger partial charge in [-0.05, 0) is 43.3 Å². The van der Waals surface area contributed by atoms with Gasteiger partial charge in [-0.15, -0.1) is 0 Å². The predicted molar refractivity (Wildman–Crippen MR) is 108 cm³/mol. The summed E-state index contributed by atoms with van der Waals surface area (Å²) >= 11 is 0. The molecule has 6 nitrogen and oxygen atoms in total. The number of aromatic nitrogens is 3. The van der Waals surface area contributed by atoms with Gasteiger partial charge in [0.15, 0.2) is 0 Å². The average Bonchev–Trinajstić information content (AvgIpc) is 3.38. The standard InChI is InChI=1S/C22H26N4O2/c1-27-20-6-4-7-21(14-20)28-12-9-18-13-22(25-24-18)17-8-11-26(15-17)16-19-5-2-3-10-23-19/h2-7,10,13-14,17H,8-9,11-12,15-16H2,1H3,(H,24,25). The Hall–Kier alpha value is -2.86. The Morgan fingerprint density at radius 3 is 2.93 bits per heavy atom. The zero-order valence-corrected chi connectivity index (χ0v) is 16.2. The zero-order valence-electron chi connectivity index (χ0n) is 16.2. The molecule has 6 heteroatoms. The Kier molecular flexibility index (Phi) is 5.87.